The van der Waals surface area contributed by atoms with Crippen LogP contribution in [0.15, 0.2) is 48.5 Å². The van der Waals surface area contributed by atoms with E-state index in [0.717, 1.165) is 17.7 Å². The molecule has 0 aliphatic rings. The monoisotopic (exact) mass is 256 g/mol. The lowest BCUT2D eigenvalue weighted by atomic mass is 9.99. The van der Waals surface area contributed by atoms with E-state index in [1.54, 1.807) is 7.11 Å². The van der Waals surface area contributed by atoms with Gasteiger partial charge in [-0.15, -0.1) is 0 Å². The van der Waals surface area contributed by atoms with Crippen molar-refractivity contribution in [2.24, 2.45) is 11.5 Å². The minimum absolute atomic E-state index is 0.189. The highest BCUT2D eigenvalue weighted by molar-refractivity contribution is 5.41. The van der Waals surface area contributed by atoms with E-state index in [1.165, 1.54) is 11.1 Å². The molecule has 0 saturated heterocycles. The van der Waals surface area contributed by atoms with Gasteiger partial charge in [-0.05, 0) is 23.6 Å². The van der Waals surface area contributed by atoms with Crippen LogP contribution in [0.5, 0.6) is 5.75 Å². The molecular formula is C16H20N2O. The Kier molecular flexibility index (Phi) is 4.55. The summed E-state index contributed by atoms with van der Waals surface area (Å²) in [4.78, 5) is 0. The van der Waals surface area contributed by atoms with Gasteiger partial charge in [-0.2, -0.15) is 0 Å². The van der Waals surface area contributed by atoms with Crippen LogP contribution in [0.2, 0.25) is 0 Å². The molecule has 3 nitrogen and oxygen atoms in total. The topological polar surface area (TPSA) is 61.3 Å². The number of benzene rings is 2. The molecule has 0 heterocycles. The molecule has 0 fully saturated rings. The van der Waals surface area contributed by atoms with E-state index in [-0.39, 0.29) is 6.04 Å². The Bertz CT molecular complexity index is 526. The molecule has 2 rings (SSSR count). The summed E-state index contributed by atoms with van der Waals surface area (Å²) in [6.45, 7) is 0.408. The molecule has 1 atom stereocenters. The van der Waals surface area contributed by atoms with Gasteiger partial charge in [0.25, 0.3) is 0 Å². The molecule has 3 heteroatoms. The third kappa shape index (κ3) is 3.34. The van der Waals surface area contributed by atoms with Crippen molar-refractivity contribution in [3.8, 4) is 5.75 Å². The summed E-state index contributed by atoms with van der Waals surface area (Å²) >= 11 is 0. The van der Waals surface area contributed by atoms with E-state index in [1.807, 2.05) is 24.3 Å². The Morgan fingerprint density at radius 2 is 1.79 bits per heavy atom. The largest absolute Gasteiger partial charge is 0.496 e. The summed E-state index contributed by atoms with van der Waals surface area (Å²) in [7, 11) is 1.65. The molecular weight excluding hydrogens is 236 g/mol. The third-order valence-corrected chi connectivity index (χ3v) is 3.20. The van der Waals surface area contributed by atoms with Gasteiger partial charge in [0.15, 0.2) is 0 Å². The van der Waals surface area contributed by atoms with Gasteiger partial charge in [0.2, 0.25) is 0 Å². The first kappa shape index (κ1) is 13.6. The number of methoxy groups -OCH3 is 1. The van der Waals surface area contributed by atoms with Crippen LogP contribution in [0.4, 0.5) is 0 Å². The molecule has 0 aliphatic heterocycles. The Balaban J connectivity index is 2.27. The van der Waals surface area contributed by atoms with E-state index in [2.05, 4.69) is 24.3 Å². The molecule has 0 spiro atoms. The lowest BCUT2D eigenvalue weighted by molar-refractivity contribution is 0.406. The molecule has 4 N–H and O–H groups in total. The lowest BCUT2D eigenvalue weighted by Gasteiger charge is -2.15. The highest BCUT2D eigenvalue weighted by Gasteiger charge is 2.11. The fourth-order valence-corrected chi connectivity index (χ4v) is 2.14. The van der Waals surface area contributed by atoms with Crippen molar-refractivity contribution in [3.05, 3.63) is 65.2 Å². The zero-order valence-corrected chi connectivity index (χ0v) is 11.2. The van der Waals surface area contributed by atoms with E-state index in [4.69, 9.17) is 16.2 Å². The van der Waals surface area contributed by atoms with E-state index in [0.29, 0.717) is 6.54 Å². The third-order valence-electron chi connectivity index (χ3n) is 3.20. The van der Waals surface area contributed by atoms with Crippen LogP contribution in [0.25, 0.3) is 0 Å². The smallest absolute Gasteiger partial charge is 0.123 e. The van der Waals surface area contributed by atoms with Crippen molar-refractivity contribution in [2.45, 2.75) is 12.5 Å². The number of nitrogens with two attached hydrogens (primary N) is 2. The predicted molar refractivity (Wildman–Crippen MR) is 78.2 cm³/mol. The first-order valence-corrected chi connectivity index (χ1v) is 6.41. The van der Waals surface area contributed by atoms with E-state index >= 15 is 0 Å². The Hall–Kier alpha value is -1.84. The van der Waals surface area contributed by atoms with Gasteiger partial charge in [0.05, 0.1) is 7.11 Å². The van der Waals surface area contributed by atoms with Crippen LogP contribution in [0, 0.1) is 0 Å². The summed E-state index contributed by atoms with van der Waals surface area (Å²) in [6, 6.07) is 16.3. The lowest BCUT2D eigenvalue weighted by Crippen LogP contribution is -2.21. The van der Waals surface area contributed by atoms with Crippen molar-refractivity contribution in [2.75, 3.05) is 13.7 Å². The first-order chi connectivity index (χ1) is 9.24. The molecule has 0 radical (unpaired) electrons. The maximum Gasteiger partial charge on any atom is 0.123 e. The highest BCUT2D eigenvalue weighted by atomic mass is 16.5. The van der Waals surface area contributed by atoms with Crippen LogP contribution in [0.3, 0.4) is 0 Å². The van der Waals surface area contributed by atoms with Crippen LogP contribution in [0.1, 0.15) is 22.7 Å². The van der Waals surface area contributed by atoms with Crippen molar-refractivity contribution in [1.29, 1.82) is 0 Å². The molecule has 0 bridgehead atoms. The molecule has 19 heavy (non-hydrogen) atoms. The van der Waals surface area contributed by atoms with Gasteiger partial charge in [-0.25, -0.2) is 0 Å². The average molecular weight is 256 g/mol. The molecule has 2 aromatic rings. The summed E-state index contributed by atoms with van der Waals surface area (Å²) in [6.07, 6.45) is 0.884. The number of hydrogen-bond donors (Lipinski definition) is 2. The SMILES string of the molecule is COc1ccc(Cc2ccccc2)cc1C(N)CN. The van der Waals surface area contributed by atoms with Crippen molar-refractivity contribution in [1.82, 2.24) is 0 Å². The van der Waals surface area contributed by atoms with Gasteiger partial charge < -0.3 is 16.2 Å². The minimum Gasteiger partial charge on any atom is -0.496 e. The van der Waals surface area contributed by atoms with Gasteiger partial charge in [0.1, 0.15) is 5.75 Å². The van der Waals surface area contributed by atoms with Crippen LogP contribution >= 0.6 is 0 Å². The second-order valence-electron chi connectivity index (χ2n) is 4.58. The Labute approximate surface area is 114 Å². The number of ether oxygens (including phenoxy) is 1. The van der Waals surface area contributed by atoms with Gasteiger partial charge in [0, 0.05) is 18.2 Å². The normalized spacial score (nSPS) is 12.2. The first-order valence-electron chi connectivity index (χ1n) is 6.41. The zero-order valence-electron chi connectivity index (χ0n) is 11.2. The van der Waals surface area contributed by atoms with Crippen molar-refractivity contribution in [3.63, 3.8) is 0 Å². The standard InChI is InChI=1S/C16H20N2O/c1-19-16-8-7-13(10-14(16)15(18)11-17)9-12-5-3-2-4-6-12/h2-8,10,15H,9,11,17-18H2,1H3. The van der Waals surface area contributed by atoms with Crippen LogP contribution < -0.4 is 16.2 Å². The predicted octanol–water partition coefficient (Wildman–Crippen LogP) is 2.24. The van der Waals surface area contributed by atoms with Crippen LogP contribution in [-0.4, -0.2) is 13.7 Å². The number of rotatable bonds is 5. The van der Waals surface area contributed by atoms with Crippen molar-refractivity contribution >= 4 is 0 Å². The fourth-order valence-electron chi connectivity index (χ4n) is 2.14. The van der Waals surface area contributed by atoms with E-state index < -0.39 is 0 Å². The summed E-state index contributed by atoms with van der Waals surface area (Å²) < 4.78 is 5.34. The molecule has 100 valence electrons. The molecule has 0 amide bonds. The zero-order chi connectivity index (χ0) is 13.7. The summed E-state index contributed by atoms with van der Waals surface area (Å²) in [5.74, 6) is 0.801. The van der Waals surface area contributed by atoms with Crippen molar-refractivity contribution < 1.29 is 4.74 Å². The van der Waals surface area contributed by atoms with Gasteiger partial charge >= 0.3 is 0 Å². The molecule has 0 saturated carbocycles. The molecule has 0 aliphatic carbocycles. The molecule has 1 unspecified atom stereocenters. The molecule has 2 aromatic carbocycles. The quantitative estimate of drug-likeness (QED) is 0.862. The second kappa shape index (κ2) is 6.36. The maximum absolute atomic E-state index is 6.03. The van der Waals surface area contributed by atoms with Crippen LogP contribution in [-0.2, 0) is 6.42 Å². The van der Waals surface area contributed by atoms with Gasteiger partial charge in [-0.1, -0.05) is 42.5 Å². The fraction of sp³-hybridized carbons (Fsp3) is 0.250. The second-order valence-corrected chi connectivity index (χ2v) is 4.58. The van der Waals surface area contributed by atoms with E-state index in [9.17, 15) is 0 Å². The Morgan fingerprint density at radius 1 is 1.05 bits per heavy atom. The maximum atomic E-state index is 6.03. The number of hydrogen-bond acceptors (Lipinski definition) is 3. The highest BCUT2D eigenvalue weighted by Crippen LogP contribution is 2.25. The summed E-state index contributed by atoms with van der Waals surface area (Å²) in [5, 5.41) is 0. The summed E-state index contributed by atoms with van der Waals surface area (Å²) in [5.41, 5.74) is 15.1. The minimum atomic E-state index is -0.189. The van der Waals surface area contributed by atoms with Gasteiger partial charge in [-0.3, -0.25) is 0 Å². The Morgan fingerprint density at radius 3 is 2.42 bits per heavy atom. The molecule has 0 aromatic heterocycles. The average Bonchev–Trinajstić information content (AvgIpc) is 2.47.